The van der Waals surface area contributed by atoms with Crippen LogP contribution in [-0.4, -0.2) is 29.0 Å². The van der Waals surface area contributed by atoms with Crippen LogP contribution in [0.4, 0.5) is 0 Å². The molecule has 0 aliphatic rings. The smallest absolute Gasteiger partial charge is 0.262 e. The number of halogens is 1. The molecule has 0 radical (unpaired) electrons. The maximum atomic E-state index is 12.7. The number of rotatable bonds is 8. The molecule has 0 saturated heterocycles. The highest BCUT2D eigenvalue weighted by Crippen LogP contribution is 2.21. The van der Waals surface area contributed by atoms with E-state index in [1.807, 2.05) is 0 Å². The second-order valence-corrected chi connectivity index (χ2v) is 6.47. The van der Waals surface area contributed by atoms with E-state index in [0.717, 1.165) is 18.6 Å². The number of ether oxygens (including phenoxy) is 1. The van der Waals surface area contributed by atoms with Crippen molar-refractivity contribution < 1.29 is 4.74 Å². The maximum Gasteiger partial charge on any atom is 0.262 e. The number of unbranched alkanes of at least 4 members (excludes halogenated alkanes) is 1. The fraction of sp³-hybridized carbons (Fsp3) is 0.438. The Balaban J connectivity index is 2.36. The molecule has 0 aliphatic carbocycles. The topological polar surface area (TPSA) is 67.9 Å². The third kappa shape index (κ3) is 4.71. The van der Waals surface area contributed by atoms with Gasteiger partial charge in [0, 0.05) is 37.5 Å². The first-order valence-electron chi connectivity index (χ1n) is 7.36. The van der Waals surface area contributed by atoms with Crippen molar-refractivity contribution in [2.24, 2.45) is 0 Å². The second-order valence-electron chi connectivity index (χ2n) is 4.97. The standard InChI is InChI=1S/C16H18ClN3O2S/c1-22-9-4-8-20-15(21)13-6-5-12(17)11-14(13)19-16(20)23-10-3-2-7-18/h5-6,11H,2-4,8-10H2,1H3. The molecule has 0 fully saturated rings. The van der Waals surface area contributed by atoms with Gasteiger partial charge in [0.1, 0.15) is 0 Å². The summed E-state index contributed by atoms with van der Waals surface area (Å²) >= 11 is 7.50. The van der Waals surface area contributed by atoms with Gasteiger partial charge in [0.05, 0.1) is 17.0 Å². The quantitative estimate of drug-likeness (QED) is 0.413. The Bertz CT molecular complexity index is 770. The molecule has 0 aliphatic heterocycles. The molecule has 122 valence electrons. The fourth-order valence-corrected chi connectivity index (χ4v) is 3.29. The van der Waals surface area contributed by atoms with Crippen LogP contribution >= 0.6 is 23.4 Å². The summed E-state index contributed by atoms with van der Waals surface area (Å²) in [4.78, 5) is 17.3. The number of nitriles is 1. The average molecular weight is 352 g/mol. The number of hydrogen-bond acceptors (Lipinski definition) is 5. The third-order valence-electron chi connectivity index (χ3n) is 3.28. The van der Waals surface area contributed by atoms with Crippen LogP contribution in [0.2, 0.25) is 5.02 Å². The zero-order valence-corrected chi connectivity index (χ0v) is 14.5. The van der Waals surface area contributed by atoms with Gasteiger partial charge in [-0.3, -0.25) is 9.36 Å². The molecule has 0 N–H and O–H groups in total. The highest BCUT2D eigenvalue weighted by molar-refractivity contribution is 7.99. The van der Waals surface area contributed by atoms with Crippen LogP contribution in [0, 0.1) is 11.3 Å². The summed E-state index contributed by atoms with van der Waals surface area (Å²) in [5.74, 6) is 0.746. The normalized spacial score (nSPS) is 10.8. The van der Waals surface area contributed by atoms with Crippen LogP contribution in [0.5, 0.6) is 0 Å². The zero-order valence-electron chi connectivity index (χ0n) is 12.9. The Kier molecular flexibility index (Phi) is 6.90. The van der Waals surface area contributed by atoms with Crippen molar-refractivity contribution in [3.63, 3.8) is 0 Å². The van der Waals surface area contributed by atoms with Gasteiger partial charge in [-0.2, -0.15) is 5.26 Å². The predicted octanol–water partition coefficient (Wildman–Crippen LogP) is 3.48. The maximum absolute atomic E-state index is 12.7. The molecule has 1 aromatic carbocycles. The highest BCUT2D eigenvalue weighted by Gasteiger charge is 2.11. The molecule has 0 spiro atoms. The van der Waals surface area contributed by atoms with Gasteiger partial charge < -0.3 is 4.74 Å². The molecule has 7 heteroatoms. The van der Waals surface area contributed by atoms with E-state index in [4.69, 9.17) is 21.6 Å². The van der Waals surface area contributed by atoms with Crippen LogP contribution < -0.4 is 5.56 Å². The number of benzene rings is 1. The number of aromatic nitrogens is 2. The Morgan fingerprint density at radius 1 is 1.43 bits per heavy atom. The first kappa shape index (κ1) is 17.8. The van der Waals surface area contributed by atoms with E-state index in [0.29, 0.717) is 40.7 Å². The summed E-state index contributed by atoms with van der Waals surface area (Å²) in [6, 6.07) is 7.24. The van der Waals surface area contributed by atoms with Gasteiger partial charge in [0.25, 0.3) is 5.56 Å². The molecular weight excluding hydrogens is 334 g/mol. The van der Waals surface area contributed by atoms with Gasteiger partial charge in [-0.05, 0) is 31.0 Å². The molecule has 0 saturated carbocycles. The lowest BCUT2D eigenvalue weighted by Gasteiger charge is -2.13. The monoisotopic (exact) mass is 351 g/mol. The van der Waals surface area contributed by atoms with Gasteiger partial charge in [0.15, 0.2) is 5.16 Å². The number of thioether (sulfide) groups is 1. The van der Waals surface area contributed by atoms with E-state index in [-0.39, 0.29) is 5.56 Å². The van der Waals surface area contributed by atoms with Gasteiger partial charge in [-0.1, -0.05) is 23.4 Å². The number of nitrogens with zero attached hydrogens (tertiary/aromatic N) is 3. The molecule has 23 heavy (non-hydrogen) atoms. The molecule has 1 heterocycles. The second kappa shape index (κ2) is 8.92. The lowest BCUT2D eigenvalue weighted by atomic mass is 10.2. The Morgan fingerprint density at radius 3 is 3.00 bits per heavy atom. The van der Waals surface area contributed by atoms with Crippen molar-refractivity contribution in [3.05, 3.63) is 33.6 Å². The number of fused-ring (bicyclic) bond motifs is 1. The summed E-state index contributed by atoms with van der Waals surface area (Å²) in [7, 11) is 1.64. The molecule has 5 nitrogen and oxygen atoms in total. The van der Waals surface area contributed by atoms with Crippen molar-refractivity contribution in [1.82, 2.24) is 9.55 Å². The average Bonchev–Trinajstić information content (AvgIpc) is 2.54. The van der Waals surface area contributed by atoms with E-state index in [9.17, 15) is 4.79 Å². The minimum absolute atomic E-state index is 0.0643. The van der Waals surface area contributed by atoms with E-state index < -0.39 is 0 Å². The Morgan fingerprint density at radius 2 is 2.26 bits per heavy atom. The molecule has 0 amide bonds. The van der Waals surface area contributed by atoms with Crippen LogP contribution in [-0.2, 0) is 11.3 Å². The molecule has 2 rings (SSSR count). The van der Waals surface area contributed by atoms with Crippen LogP contribution in [0.15, 0.2) is 28.2 Å². The summed E-state index contributed by atoms with van der Waals surface area (Å²) < 4.78 is 6.75. The van der Waals surface area contributed by atoms with Crippen molar-refractivity contribution in [2.45, 2.75) is 31.0 Å². The third-order valence-corrected chi connectivity index (χ3v) is 4.57. The molecular formula is C16H18ClN3O2S. The lowest BCUT2D eigenvalue weighted by Crippen LogP contribution is -2.24. The summed E-state index contributed by atoms with van der Waals surface area (Å²) in [5.41, 5.74) is 0.541. The Labute approximate surface area is 144 Å². The van der Waals surface area contributed by atoms with Crippen molar-refractivity contribution >= 4 is 34.3 Å². The minimum atomic E-state index is -0.0643. The summed E-state index contributed by atoms with van der Waals surface area (Å²) in [6.45, 7) is 1.14. The number of hydrogen-bond donors (Lipinski definition) is 0. The van der Waals surface area contributed by atoms with Gasteiger partial charge in [-0.15, -0.1) is 0 Å². The first-order valence-corrected chi connectivity index (χ1v) is 8.72. The van der Waals surface area contributed by atoms with E-state index >= 15 is 0 Å². The minimum Gasteiger partial charge on any atom is -0.385 e. The predicted molar refractivity (Wildman–Crippen MR) is 93.1 cm³/mol. The van der Waals surface area contributed by atoms with E-state index in [1.54, 1.807) is 29.9 Å². The Hall–Kier alpha value is -1.55. The van der Waals surface area contributed by atoms with Gasteiger partial charge in [-0.25, -0.2) is 4.98 Å². The molecule has 0 unspecified atom stereocenters. The van der Waals surface area contributed by atoms with Crippen molar-refractivity contribution in [2.75, 3.05) is 19.5 Å². The molecule has 2 aromatic rings. The lowest BCUT2D eigenvalue weighted by molar-refractivity contribution is 0.189. The van der Waals surface area contributed by atoms with Crippen molar-refractivity contribution in [1.29, 1.82) is 5.26 Å². The van der Waals surface area contributed by atoms with E-state index in [1.165, 1.54) is 11.8 Å². The highest BCUT2D eigenvalue weighted by atomic mass is 35.5. The van der Waals surface area contributed by atoms with Crippen molar-refractivity contribution in [3.8, 4) is 6.07 Å². The van der Waals surface area contributed by atoms with Crippen LogP contribution in [0.1, 0.15) is 19.3 Å². The largest absolute Gasteiger partial charge is 0.385 e. The summed E-state index contributed by atoms with van der Waals surface area (Å²) in [6.07, 6.45) is 2.01. The first-order chi connectivity index (χ1) is 11.2. The van der Waals surface area contributed by atoms with Gasteiger partial charge >= 0.3 is 0 Å². The van der Waals surface area contributed by atoms with Gasteiger partial charge in [0.2, 0.25) is 0 Å². The number of methoxy groups -OCH3 is 1. The zero-order chi connectivity index (χ0) is 16.7. The fourth-order valence-electron chi connectivity index (χ4n) is 2.16. The van der Waals surface area contributed by atoms with E-state index in [2.05, 4.69) is 11.1 Å². The SMILES string of the molecule is COCCCn1c(SCCCC#N)nc2cc(Cl)ccc2c1=O. The van der Waals surface area contributed by atoms with Crippen LogP contribution in [0.25, 0.3) is 10.9 Å². The summed E-state index contributed by atoms with van der Waals surface area (Å²) in [5, 5.41) is 10.4. The molecule has 1 aromatic heterocycles. The molecule has 0 atom stereocenters. The molecule has 0 bridgehead atoms. The van der Waals surface area contributed by atoms with Crippen LogP contribution in [0.3, 0.4) is 0 Å².